The summed E-state index contributed by atoms with van der Waals surface area (Å²) >= 11 is 4.65. The molecule has 3 nitrogen and oxygen atoms in total. The van der Waals surface area contributed by atoms with Crippen LogP contribution in [0.25, 0.3) is 0 Å². The molecule has 0 saturated carbocycles. The standard InChI is InChI=1S/C8H17NO2S/c1-8(2,10-3)4-5-11-6-7(9)12/h4-6H2,1-3H3,(H2,9,12). The SMILES string of the molecule is COC(C)(C)CCOCC(N)=S. The van der Waals surface area contributed by atoms with Crippen LogP contribution in [0, 0.1) is 0 Å². The van der Waals surface area contributed by atoms with Crippen molar-refractivity contribution < 1.29 is 9.47 Å². The number of hydrogen-bond donors (Lipinski definition) is 1. The Labute approximate surface area is 79.2 Å². The Bertz CT molecular complexity index is 148. The Morgan fingerprint density at radius 3 is 2.50 bits per heavy atom. The van der Waals surface area contributed by atoms with Gasteiger partial charge in [0.25, 0.3) is 0 Å². The molecule has 0 aromatic heterocycles. The van der Waals surface area contributed by atoms with Crippen molar-refractivity contribution in [2.45, 2.75) is 25.9 Å². The number of hydrogen-bond acceptors (Lipinski definition) is 3. The molecule has 0 heterocycles. The Hall–Kier alpha value is -0.190. The van der Waals surface area contributed by atoms with E-state index in [2.05, 4.69) is 12.2 Å². The normalized spacial score (nSPS) is 11.6. The first-order chi connectivity index (χ1) is 5.48. The minimum atomic E-state index is -0.129. The largest absolute Gasteiger partial charge is 0.391 e. The van der Waals surface area contributed by atoms with Gasteiger partial charge in [0.1, 0.15) is 0 Å². The Kier molecular flexibility index (Phi) is 5.37. The summed E-state index contributed by atoms with van der Waals surface area (Å²) in [4.78, 5) is 0.394. The predicted molar refractivity (Wildman–Crippen MR) is 53.3 cm³/mol. The van der Waals surface area contributed by atoms with Crippen molar-refractivity contribution in [1.29, 1.82) is 0 Å². The van der Waals surface area contributed by atoms with Gasteiger partial charge < -0.3 is 15.2 Å². The Balaban J connectivity index is 3.37. The van der Waals surface area contributed by atoms with Crippen LogP contribution in [0.2, 0.25) is 0 Å². The van der Waals surface area contributed by atoms with Gasteiger partial charge in [-0.05, 0) is 20.3 Å². The molecule has 0 aromatic rings. The van der Waals surface area contributed by atoms with Crippen LogP contribution in [0.3, 0.4) is 0 Å². The fourth-order valence-corrected chi connectivity index (χ4v) is 0.676. The Morgan fingerprint density at radius 1 is 1.50 bits per heavy atom. The Morgan fingerprint density at radius 2 is 2.08 bits per heavy atom. The summed E-state index contributed by atoms with van der Waals surface area (Å²) in [5.74, 6) is 0. The van der Waals surface area contributed by atoms with E-state index in [4.69, 9.17) is 15.2 Å². The maximum absolute atomic E-state index is 5.25. The maximum atomic E-state index is 5.25. The van der Waals surface area contributed by atoms with Crippen LogP contribution in [-0.4, -0.2) is 30.9 Å². The topological polar surface area (TPSA) is 44.5 Å². The van der Waals surface area contributed by atoms with Crippen LogP contribution in [0.5, 0.6) is 0 Å². The highest BCUT2D eigenvalue weighted by atomic mass is 32.1. The van der Waals surface area contributed by atoms with Gasteiger partial charge in [-0.3, -0.25) is 0 Å². The molecule has 0 aliphatic rings. The molecule has 72 valence electrons. The summed E-state index contributed by atoms with van der Waals surface area (Å²) in [6, 6.07) is 0. The second-order valence-corrected chi connectivity index (χ2v) is 3.76. The first kappa shape index (κ1) is 11.8. The molecule has 0 amide bonds. The van der Waals surface area contributed by atoms with Gasteiger partial charge in [0.15, 0.2) is 0 Å². The van der Waals surface area contributed by atoms with E-state index in [-0.39, 0.29) is 5.60 Å². The molecule has 2 N–H and O–H groups in total. The molecule has 0 fully saturated rings. The summed E-state index contributed by atoms with van der Waals surface area (Å²) in [5.41, 5.74) is 5.12. The summed E-state index contributed by atoms with van der Waals surface area (Å²) in [7, 11) is 1.69. The molecule has 0 bridgehead atoms. The van der Waals surface area contributed by atoms with Crippen LogP contribution in [0.15, 0.2) is 0 Å². The van der Waals surface area contributed by atoms with Gasteiger partial charge in [0.2, 0.25) is 0 Å². The summed E-state index contributed by atoms with van der Waals surface area (Å²) < 4.78 is 10.4. The minimum absolute atomic E-state index is 0.129. The average molecular weight is 191 g/mol. The van der Waals surface area contributed by atoms with Crippen molar-refractivity contribution in [3.63, 3.8) is 0 Å². The predicted octanol–water partition coefficient (Wildman–Crippen LogP) is 1.10. The molecular weight excluding hydrogens is 174 g/mol. The highest BCUT2D eigenvalue weighted by molar-refractivity contribution is 7.80. The lowest BCUT2D eigenvalue weighted by Crippen LogP contribution is -2.25. The lowest BCUT2D eigenvalue weighted by molar-refractivity contribution is -0.00548. The maximum Gasteiger partial charge on any atom is 0.0989 e. The monoisotopic (exact) mass is 191 g/mol. The third-order valence-electron chi connectivity index (χ3n) is 1.65. The van der Waals surface area contributed by atoms with Gasteiger partial charge in [-0.2, -0.15) is 0 Å². The van der Waals surface area contributed by atoms with Gasteiger partial charge in [0, 0.05) is 13.7 Å². The van der Waals surface area contributed by atoms with E-state index in [1.165, 1.54) is 0 Å². The molecule has 0 radical (unpaired) electrons. The van der Waals surface area contributed by atoms with Gasteiger partial charge in [-0.25, -0.2) is 0 Å². The minimum Gasteiger partial charge on any atom is -0.391 e. The second-order valence-electron chi connectivity index (χ2n) is 3.23. The fourth-order valence-electron chi connectivity index (χ4n) is 0.593. The molecule has 12 heavy (non-hydrogen) atoms. The van der Waals surface area contributed by atoms with Crippen molar-refractivity contribution in [3.05, 3.63) is 0 Å². The van der Waals surface area contributed by atoms with E-state index in [1.54, 1.807) is 7.11 Å². The molecule has 0 unspecified atom stereocenters. The highest BCUT2D eigenvalue weighted by Crippen LogP contribution is 2.12. The third-order valence-corrected chi connectivity index (χ3v) is 1.76. The van der Waals surface area contributed by atoms with E-state index in [0.29, 0.717) is 18.2 Å². The summed E-state index contributed by atoms with van der Waals surface area (Å²) in [5, 5.41) is 0. The first-order valence-corrected chi connectivity index (χ1v) is 4.30. The molecule has 0 rings (SSSR count). The quantitative estimate of drug-likeness (QED) is 0.504. The van der Waals surface area contributed by atoms with Gasteiger partial charge >= 0.3 is 0 Å². The zero-order valence-corrected chi connectivity index (χ0v) is 8.74. The third kappa shape index (κ3) is 6.52. The van der Waals surface area contributed by atoms with Gasteiger partial charge in [-0.1, -0.05) is 12.2 Å². The van der Waals surface area contributed by atoms with Crippen molar-refractivity contribution in [2.24, 2.45) is 5.73 Å². The number of thiocarbonyl (C=S) groups is 1. The van der Waals surface area contributed by atoms with E-state index in [0.717, 1.165) is 6.42 Å². The van der Waals surface area contributed by atoms with Crippen molar-refractivity contribution in [1.82, 2.24) is 0 Å². The first-order valence-electron chi connectivity index (χ1n) is 3.89. The van der Waals surface area contributed by atoms with E-state index < -0.39 is 0 Å². The van der Waals surface area contributed by atoms with Crippen LogP contribution in [0.1, 0.15) is 20.3 Å². The molecule has 4 heteroatoms. The molecule has 0 aromatic carbocycles. The lowest BCUT2D eigenvalue weighted by atomic mass is 10.1. The highest BCUT2D eigenvalue weighted by Gasteiger charge is 2.15. The van der Waals surface area contributed by atoms with Crippen molar-refractivity contribution in [2.75, 3.05) is 20.3 Å². The number of methoxy groups -OCH3 is 1. The molecule has 0 aliphatic heterocycles. The number of ether oxygens (including phenoxy) is 2. The fraction of sp³-hybridized carbons (Fsp3) is 0.875. The van der Waals surface area contributed by atoms with Crippen molar-refractivity contribution >= 4 is 17.2 Å². The van der Waals surface area contributed by atoms with E-state index >= 15 is 0 Å². The molecule has 0 atom stereocenters. The zero-order valence-electron chi connectivity index (χ0n) is 7.92. The van der Waals surface area contributed by atoms with Crippen LogP contribution >= 0.6 is 12.2 Å². The second kappa shape index (κ2) is 5.45. The molecule has 0 spiro atoms. The summed E-state index contributed by atoms with van der Waals surface area (Å²) in [6.45, 7) is 5.00. The molecule has 0 saturated heterocycles. The van der Waals surface area contributed by atoms with Crippen molar-refractivity contribution in [3.8, 4) is 0 Å². The lowest BCUT2D eigenvalue weighted by Gasteiger charge is -2.22. The van der Waals surface area contributed by atoms with Crippen LogP contribution in [0.4, 0.5) is 0 Å². The van der Waals surface area contributed by atoms with Crippen LogP contribution < -0.4 is 5.73 Å². The van der Waals surface area contributed by atoms with Crippen LogP contribution in [-0.2, 0) is 9.47 Å². The van der Waals surface area contributed by atoms with E-state index in [9.17, 15) is 0 Å². The van der Waals surface area contributed by atoms with E-state index in [1.807, 2.05) is 13.8 Å². The van der Waals surface area contributed by atoms with Gasteiger partial charge in [0.05, 0.1) is 17.2 Å². The molecular formula is C8H17NO2S. The number of nitrogens with two attached hydrogens (primary N) is 1. The number of rotatable bonds is 6. The zero-order chi connectivity index (χ0) is 9.61. The smallest absolute Gasteiger partial charge is 0.0989 e. The summed E-state index contributed by atoms with van der Waals surface area (Å²) in [6.07, 6.45) is 0.839. The average Bonchev–Trinajstić information content (AvgIpc) is 1.98. The molecule has 0 aliphatic carbocycles. The van der Waals surface area contributed by atoms with Gasteiger partial charge in [-0.15, -0.1) is 0 Å².